The third-order valence-electron chi connectivity index (χ3n) is 5.32. The zero-order valence-electron chi connectivity index (χ0n) is 15.2. The average Bonchev–Trinajstić information content (AvgIpc) is 2.89. The summed E-state index contributed by atoms with van der Waals surface area (Å²) < 4.78 is 0. The predicted molar refractivity (Wildman–Crippen MR) is 93.6 cm³/mol. The van der Waals surface area contributed by atoms with E-state index < -0.39 is 0 Å². The highest BCUT2D eigenvalue weighted by molar-refractivity contribution is 6.39. The largest absolute Gasteiger partial charge is 0.337 e. The molecule has 3 aliphatic heterocycles. The maximum atomic E-state index is 12.7. The highest BCUT2D eigenvalue weighted by Crippen LogP contribution is 2.39. The van der Waals surface area contributed by atoms with Crippen LogP contribution in [0.2, 0.25) is 0 Å². The van der Waals surface area contributed by atoms with Crippen LogP contribution in [-0.2, 0) is 9.59 Å². The van der Waals surface area contributed by atoms with Gasteiger partial charge in [-0.1, -0.05) is 20.8 Å². The third-order valence-corrected chi connectivity index (χ3v) is 5.32. The SMILES string of the molecule is CC(C)(C)CN1CCCC2(CCN(C(=O)C3=NNC(=O)CC3)C2)C1. The minimum Gasteiger partial charge on any atom is -0.337 e. The Kier molecular flexibility index (Phi) is 4.69. The van der Waals surface area contributed by atoms with Crippen molar-refractivity contribution in [3.05, 3.63) is 0 Å². The van der Waals surface area contributed by atoms with Crippen molar-refractivity contribution in [2.45, 2.75) is 52.9 Å². The number of carbonyl (C=O) groups excluding carboxylic acids is 2. The van der Waals surface area contributed by atoms with Crippen LogP contribution in [0.1, 0.15) is 52.9 Å². The van der Waals surface area contributed by atoms with Gasteiger partial charge in [0, 0.05) is 44.4 Å². The summed E-state index contributed by atoms with van der Waals surface area (Å²) >= 11 is 0. The molecule has 1 unspecified atom stereocenters. The van der Waals surface area contributed by atoms with Gasteiger partial charge in [-0.25, -0.2) is 5.43 Å². The molecule has 1 N–H and O–H groups in total. The van der Waals surface area contributed by atoms with E-state index in [4.69, 9.17) is 0 Å². The second-order valence-corrected chi connectivity index (χ2v) is 8.95. The number of nitrogens with one attached hydrogen (secondary N) is 1. The Balaban J connectivity index is 1.61. The van der Waals surface area contributed by atoms with E-state index in [-0.39, 0.29) is 17.2 Å². The van der Waals surface area contributed by atoms with Crippen LogP contribution in [0.3, 0.4) is 0 Å². The van der Waals surface area contributed by atoms with Gasteiger partial charge in [-0.15, -0.1) is 0 Å². The van der Waals surface area contributed by atoms with Gasteiger partial charge in [-0.3, -0.25) is 9.59 Å². The van der Waals surface area contributed by atoms with Crippen molar-refractivity contribution < 1.29 is 9.59 Å². The van der Waals surface area contributed by atoms with E-state index in [9.17, 15) is 9.59 Å². The fourth-order valence-corrected chi connectivity index (χ4v) is 4.37. The monoisotopic (exact) mass is 334 g/mol. The molecule has 0 radical (unpaired) electrons. The first-order valence-corrected chi connectivity index (χ1v) is 9.14. The lowest BCUT2D eigenvalue weighted by Gasteiger charge is -2.42. The van der Waals surface area contributed by atoms with Crippen LogP contribution in [0, 0.1) is 10.8 Å². The van der Waals surface area contributed by atoms with Crippen LogP contribution in [0.5, 0.6) is 0 Å². The Labute approximate surface area is 144 Å². The quantitative estimate of drug-likeness (QED) is 0.834. The summed E-state index contributed by atoms with van der Waals surface area (Å²) in [5.74, 6) is -0.0886. The zero-order chi connectivity index (χ0) is 17.4. The molecule has 3 aliphatic rings. The van der Waals surface area contributed by atoms with Crippen molar-refractivity contribution in [1.82, 2.24) is 15.2 Å². The molecule has 0 bridgehead atoms. The second kappa shape index (κ2) is 6.47. The van der Waals surface area contributed by atoms with Gasteiger partial charge in [0.2, 0.25) is 5.91 Å². The van der Waals surface area contributed by atoms with Gasteiger partial charge in [0.1, 0.15) is 5.71 Å². The molecule has 6 nitrogen and oxygen atoms in total. The van der Waals surface area contributed by atoms with Crippen LogP contribution in [0.25, 0.3) is 0 Å². The van der Waals surface area contributed by atoms with E-state index in [1.54, 1.807) is 0 Å². The predicted octanol–water partition coefficient (Wildman–Crippen LogP) is 1.61. The van der Waals surface area contributed by atoms with Crippen molar-refractivity contribution in [3.8, 4) is 0 Å². The molecule has 2 saturated heterocycles. The topological polar surface area (TPSA) is 65.0 Å². The minimum absolute atomic E-state index is 0.0137. The van der Waals surface area contributed by atoms with E-state index in [1.165, 1.54) is 19.4 Å². The lowest BCUT2D eigenvalue weighted by atomic mass is 9.78. The Morgan fingerprint density at radius 2 is 2.00 bits per heavy atom. The average molecular weight is 334 g/mol. The molecular weight excluding hydrogens is 304 g/mol. The number of hydrazone groups is 1. The first kappa shape index (κ1) is 17.4. The summed E-state index contributed by atoms with van der Waals surface area (Å²) in [4.78, 5) is 28.4. The summed E-state index contributed by atoms with van der Waals surface area (Å²) in [7, 11) is 0. The van der Waals surface area contributed by atoms with Crippen LogP contribution in [0.4, 0.5) is 0 Å². The summed E-state index contributed by atoms with van der Waals surface area (Å²) in [6.45, 7) is 11.9. The molecule has 3 rings (SSSR count). The van der Waals surface area contributed by atoms with Crippen molar-refractivity contribution in [2.75, 3.05) is 32.7 Å². The number of amides is 2. The summed E-state index contributed by atoms with van der Waals surface area (Å²) in [6.07, 6.45) is 4.34. The highest BCUT2D eigenvalue weighted by Gasteiger charge is 2.43. The second-order valence-electron chi connectivity index (χ2n) is 8.95. The molecule has 6 heteroatoms. The molecule has 1 spiro atoms. The Hall–Kier alpha value is -1.43. The van der Waals surface area contributed by atoms with E-state index in [0.717, 1.165) is 32.6 Å². The molecule has 1 atom stereocenters. The number of hydrogen-bond acceptors (Lipinski definition) is 4. The number of hydrogen-bond donors (Lipinski definition) is 1. The standard InChI is InChI=1S/C18H30N4O2/c1-17(2,3)11-21-9-4-7-18(12-21)8-10-22(13-18)16(24)14-5-6-15(23)20-19-14/h4-13H2,1-3H3,(H,20,23). The number of likely N-dealkylation sites (tertiary alicyclic amines) is 2. The van der Waals surface area contributed by atoms with Crippen LogP contribution in [-0.4, -0.2) is 60.0 Å². The molecule has 134 valence electrons. The summed E-state index contributed by atoms with van der Waals surface area (Å²) in [5.41, 5.74) is 3.50. The normalized spacial score (nSPS) is 28.9. The molecule has 0 aromatic carbocycles. The lowest BCUT2D eigenvalue weighted by Crippen LogP contribution is -2.48. The van der Waals surface area contributed by atoms with E-state index >= 15 is 0 Å². The van der Waals surface area contributed by atoms with E-state index in [1.807, 2.05) is 4.90 Å². The van der Waals surface area contributed by atoms with Crippen molar-refractivity contribution in [3.63, 3.8) is 0 Å². The van der Waals surface area contributed by atoms with Crippen LogP contribution in [0.15, 0.2) is 5.10 Å². The van der Waals surface area contributed by atoms with E-state index in [2.05, 4.69) is 36.2 Å². The maximum absolute atomic E-state index is 12.7. The fourth-order valence-electron chi connectivity index (χ4n) is 4.37. The van der Waals surface area contributed by atoms with Gasteiger partial charge in [0.05, 0.1) is 0 Å². The number of nitrogens with zero attached hydrogens (tertiary/aromatic N) is 3. The van der Waals surface area contributed by atoms with Gasteiger partial charge in [0.15, 0.2) is 0 Å². The minimum atomic E-state index is -0.102. The summed E-state index contributed by atoms with van der Waals surface area (Å²) in [5, 5.41) is 3.97. The maximum Gasteiger partial charge on any atom is 0.270 e. The fraction of sp³-hybridized carbons (Fsp3) is 0.833. The highest BCUT2D eigenvalue weighted by atomic mass is 16.2. The van der Waals surface area contributed by atoms with Crippen LogP contribution >= 0.6 is 0 Å². The Bertz CT molecular complexity index is 552. The molecule has 0 saturated carbocycles. The third kappa shape index (κ3) is 3.97. The number of piperidine rings is 1. The van der Waals surface area contributed by atoms with Gasteiger partial charge in [0.25, 0.3) is 5.91 Å². The molecular formula is C18H30N4O2. The molecule has 2 fully saturated rings. The Morgan fingerprint density at radius 3 is 2.67 bits per heavy atom. The molecule has 0 aromatic heterocycles. The van der Waals surface area contributed by atoms with Crippen molar-refractivity contribution in [2.24, 2.45) is 15.9 Å². The molecule has 24 heavy (non-hydrogen) atoms. The first-order valence-electron chi connectivity index (χ1n) is 9.14. The molecule has 2 amide bonds. The number of carbonyl (C=O) groups is 2. The van der Waals surface area contributed by atoms with Gasteiger partial charge < -0.3 is 9.80 Å². The number of rotatable bonds is 2. The summed E-state index contributed by atoms with van der Waals surface area (Å²) in [6, 6.07) is 0. The lowest BCUT2D eigenvalue weighted by molar-refractivity contribution is -0.124. The first-order chi connectivity index (χ1) is 11.3. The smallest absolute Gasteiger partial charge is 0.270 e. The van der Waals surface area contributed by atoms with Gasteiger partial charge in [-0.2, -0.15) is 5.10 Å². The zero-order valence-corrected chi connectivity index (χ0v) is 15.2. The molecule has 0 aromatic rings. The van der Waals surface area contributed by atoms with Crippen molar-refractivity contribution >= 4 is 17.5 Å². The Morgan fingerprint density at radius 1 is 1.21 bits per heavy atom. The van der Waals surface area contributed by atoms with Gasteiger partial charge >= 0.3 is 0 Å². The molecule has 3 heterocycles. The van der Waals surface area contributed by atoms with Crippen LogP contribution < -0.4 is 5.43 Å². The van der Waals surface area contributed by atoms with E-state index in [0.29, 0.717) is 24.0 Å². The van der Waals surface area contributed by atoms with Crippen molar-refractivity contribution in [1.29, 1.82) is 0 Å². The molecule has 0 aliphatic carbocycles. The van der Waals surface area contributed by atoms with Gasteiger partial charge in [-0.05, 0) is 31.2 Å².